The van der Waals surface area contributed by atoms with Gasteiger partial charge in [-0.1, -0.05) is 11.6 Å². The summed E-state index contributed by atoms with van der Waals surface area (Å²) in [5, 5.41) is 0.142. The fourth-order valence-corrected chi connectivity index (χ4v) is 3.03. The van der Waals surface area contributed by atoms with Crippen molar-refractivity contribution in [3.8, 4) is 0 Å². The van der Waals surface area contributed by atoms with E-state index in [4.69, 9.17) is 11.6 Å². The van der Waals surface area contributed by atoms with Gasteiger partial charge >= 0.3 is 0 Å². The molecule has 0 N–H and O–H groups in total. The first-order valence-electron chi connectivity index (χ1n) is 7.75. The normalized spacial score (nSPS) is 14.8. The maximum atomic E-state index is 13.1. The molecule has 0 saturated carbocycles. The Hall–Kier alpha value is -2.21. The van der Waals surface area contributed by atoms with E-state index in [0.29, 0.717) is 31.7 Å². The molecular weight excluding hydrogens is 331 g/mol. The SMILES string of the molecule is Cc1cnc(C)c(N2CCN(C(=O)c3ccc(F)cc3Cl)CC2)n1. The van der Waals surface area contributed by atoms with E-state index >= 15 is 0 Å². The van der Waals surface area contributed by atoms with Crippen molar-refractivity contribution in [2.24, 2.45) is 0 Å². The highest BCUT2D eigenvalue weighted by atomic mass is 35.5. The van der Waals surface area contributed by atoms with Gasteiger partial charge in [0, 0.05) is 32.4 Å². The van der Waals surface area contributed by atoms with Gasteiger partial charge in [0.05, 0.1) is 22.0 Å². The molecule has 1 aliphatic rings. The molecule has 1 aromatic heterocycles. The Morgan fingerprint density at radius 2 is 1.92 bits per heavy atom. The number of carbonyl (C=O) groups excluding carboxylic acids is 1. The second-order valence-corrected chi connectivity index (χ2v) is 6.23. The van der Waals surface area contributed by atoms with Gasteiger partial charge in [-0.2, -0.15) is 0 Å². The van der Waals surface area contributed by atoms with E-state index in [9.17, 15) is 9.18 Å². The minimum atomic E-state index is -0.449. The summed E-state index contributed by atoms with van der Waals surface area (Å²) in [4.78, 5) is 25.3. The largest absolute Gasteiger partial charge is 0.352 e. The summed E-state index contributed by atoms with van der Waals surface area (Å²) in [6, 6.07) is 3.85. The fraction of sp³-hybridized carbons (Fsp3) is 0.353. The maximum absolute atomic E-state index is 13.1. The van der Waals surface area contributed by atoms with Gasteiger partial charge in [-0.25, -0.2) is 9.37 Å². The summed E-state index contributed by atoms with van der Waals surface area (Å²) >= 11 is 5.99. The Kier molecular flexibility index (Phi) is 4.66. The molecule has 1 fully saturated rings. The monoisotopic (exact) mass is 348 g/mol. The fourth-order valence-electron chi connectivity index (χ4n) is 2.78. The topological polar surface area (TPSA) is 49.3 Å². The molecule has 0 unspecified atom stereocenters. The van der Waals surface area contributed by atoms with Crippen LogP contribution in [0.2, 0.25) is 5.02 Å². The van der Waals surface area contributed by atoms with Gasteiger partial charge in [-0.3, -0.25) is 9.78 Å². The van der Waals surface area contributed by atoms with Crippen LogP contribution < -0.4 is 4.90 Å². The van der Waals surface area contributed by atoms with Crippen LogP contribution in [0.25, 0.3) is 0 Å². The van der Waals surface area contributed by atoms with E-state index in [-0.39, 0.29) is 10.9 Å². The van der Waals surface area contributed by atoms with E-state index in [1.165, 1.54) is 12.1 Å². The lowest BCUT2D eigenvalue weighted by molar-refractivity contribution is 0.0746. The number of hydrogen-bond acceptors (Lipinski definition) is 4. The van der Waals surface area contributed by atoms with Crippen LogP contribution in [-0.4, -0.2) is 47.0 Å². The lowest BCUT2D eigenvalue weighted by Crippen LogP contribution is -2.49. The summed E-state index contributed by atoms with van der Waals surface area (Å²) < 4.78 is 13.1. The van der Waals surface area contributed by atoms with E-state index in [2.05, 4.69) is 14.9 Å². The van der Waals surface area contributed by atoms with Crippen LogP contribution in [0.3, 0.4) is 0 Å². The Morgan fingerprint density at radius 1 is 1.21 bits per heavy atom. The highest BCUT2D eigenvalue weighted by Crippen LogP contribution is 2.22. The summed E-state index contributed by atoms with van der Waals surface area (Å²) in [7, 11) is 0. The molecule has 3 rings (SSSR count). The molecule has 0 aliphatic carbocycles. The van der Waals surface area contributed by atoms with Crippen LogP contribution in [0.1, 0.15) is 21.7 Å². The highest BCUT2D eigenvalue weighted by molar-refractivity contribution is 6.33. The molecule has 1 aromatic carbocycles. The third kappa shape index (κ3) is 3.33. The first-order chi connectivity index (χ1) is 11.5. The minimum Gasteiger partial charge on any atom is -0.352 e. The molecule has 0 atom stereocenters. The van der Waals surface area contributed by atoms with Crippen LogP contribution in [0.5, 0.6) is 0 Å². The minimum absolute atomic E-state index is 0.142. The summed E-state index contributed by atoms with van der Waals surface area (Å²) in [5.41, 5.74) is 2.08. The highest BCUT2D eigenvalue weighted by Gasteiger charge is 2.25. The molecule has 2 heterocycles. The molecule has 0 bridgehead atoms. The van der Waals surface area contributed by atoms with Gasteiger partial charge in [-0.15, -0.1) is 0 Å². The average molecular weight is 349 g/mol. The van der Waals surface area contributed by atoms with E-state index in [1.807, 2.05) is 13.8 Å². The lowest BCUT2D eigenvalue weighted by Gasteiger charge is -2.36. The molecule has 1 saturated heterocycles. The molecule has 7 heteroatoms. The van der Waals surface area contributed by atoms with E-state index < -0.39 is 5.82 Å². The van der Waals surface area contributed by atoms with Crippen molar-refractivity contribution < 1.29 is 9.18 Å². The molecule has 1 amide bonds. The van der Waals surface area contributed by atoms with Crippen LogP contribution in [0, 0.1) is 19.7 Å². The van der Waals surface area contributed by atoms with Crippen molar-refractivity contribution in [3.05, 3.63) is 52.2 Å². The lowest BCUT2D eigenvalue weighted by atomic mass is 10.1. The number of rotatable bonds is 2. The summed E-state index contributed by atoms with van der Waals surface area (Å²) in [6.45, 7) is 6.29. The molecule has 126 valence electrons. The van der Waals surface area contributed by atoms with Crippen molar-refractivity contribution in [1.29, 1.82) is 0 Å². The number of aryl methyl sites for hydroxylation is 2. The van der Waals surface area contributed by atoms with Gasteiger partial charge in [0.2, 0.25) is 0 Å². The Morgan fingerprint density at radius 3 is 2.58 bits per heavy atom. The van der Waals surface area contributed by atoms with Crippen LogP contribution in [0.4, 0.5) is 10.2 Å². The second-order valence-electron chi connectivity index (χ2n) is 5.82. The van der Waals surface area contributed by atoms with Crippen molar-refractivity contribution in [3.63, 3.8) is 0 Å². The third-order valence-electron chi connectivity index (χ3n) is 4.08. The first-order valence-corrected chi connectivity index (χ1v) is 8.13. The Labute approximate surface area is 145 Å². The number of halogens is 2. The van der Waals surface area contributed by atoms with Gasteiger partial charge < -0.3 is 9.80 Å². The second kappa shape index (κ2) is 6.73. The van der Waals surface area contributed by atoms with Crippen LogP contribution in [0.15, 0.2) is 24.4 Å². The molecule has 1 aliphatic heterocycles. The number of anilines is 1. The number of amides is 1. The maximum Gasteiger partial charge on any atom is 0.255 e. The van der Waals surface area contributed by atoms with E-state index in [0.717, 1.165) is 23.3 Å². The quantitative estimate of drug-likeness (QED) is 0.837. The Bertz CT molecular complexity index is 775. The van der Waals surface area contributed by atoms with Crippen molar-refractivity contribution in [2.45, 2.75) is 13.8 Å². The zero-order valence-electron chi connectivity index (χ0n) is 13.6. The van der Waals surface area contributed by atoms with Gasteiger partial charge in [0.25, 0.3) is 5.91 Å². The third-order valence-corrected chi connectivity index (χ3v) is 4.39. The van der Waals surface area contributed by atoms with Crippen molar-refractivity contribution in [1.82, 2.24) is 14.9 Å². The number of benzene rings is 1. The zero-order valence-corrected chi connectivity index (χ0v) is 14.3. The zero-order chi connectivity index (χ0) is 17.3. The summed E-state index contributed by atoms with van der Waals surface area (Å²) in [5.74, 6) is 0.239. The van der Waals surface area contributed by atoms with Gasteiger partial charge in [0.15, 0.2) is 0 Å². The van der Waals surface area contributed by atoms with Gasteiger partial charge in [-0.05, 0) is 32.0 Å². The molecular formula is C17H18ClFN4O. The number of aromatic nitrogens is 2. The molecule has 0 spiro atoms. The van der Waals surface area contributed by atoms with Crippen molar-refractivity contribution >= 4 is 23.3 Å². The number of hydrogen-bond donors (Lipinski definition) is 0. The van der Waals surface area contributed by atoms with Crippen LogP contribution >= 0.6 is 11.6 Å². The van der Waals surface area contributed by atoms with Gasteiger partial charge in [0.1, 0.15) is 11.6 Å². The molecule has 2 aromatic rings. The predicted molar refractivity (Wildman–Crippen MR) is 91.0 cm³/mol. The smallest absolute Gasteiger partial charge is 0.255 e. The first kappa shape index (κ1) is 16.6. The molecule has 5 nitrogen and oxygen atoms in total. The molecule has 0 radical (unpaired) electrons. The number of carbonyl (C=O) groups is 1. The molecule has 24 heavy (non-hydrogen) atoms. The standard InChI is InChI=1S/C17H18ClFN4O/c1-11-10-20-12(2)16(21-11)22-5-7-23(8-6-22)17(24)14-4-3-13(19)9-15(14)18/h3-4,9-10H,5-8H2,1-2H3. The van der Waals surface area contributed by atoms with Crippen LogP contribution in [-0.2, 0) is 0 Å². The predicted octanol–water partition coefficient (Wildman–Crippen LogP) is 2.85. The Balaban J connectivity index is 1.70. The number of piperazine rings is 1. The summed E-state index contributed by atoms with van der Waals surface area (Å²) in [6.07, 6.45) is 1.75. The average Bonchev–Trinajstić information content (AvgIpc) is 2.57. The number of nitrogens with zero attached hydrogens (tertiary/aromatic N) is 4. The van der Waals surface area contributed by atoms with E-state index in [1.54, 1.807) is 11.1 Å². The van der Waals surface area contributed by atoms with Crippen molar-refractivity contribution in [2.75, 3.05) is 31.1 Å².